The summed E-state index contributed by atoms with van der Waals surface area (Å²) in [6, 6.07) is 5.00. The van der Waals surface area contributed by atoms with Crippen LogP contribution in [-0.2, 0) is 9.59 Å². The van der Waals surface area contributed by atoms with Gasteiger partial charge in [0.15, 0.2) is 6.10 Å². The van der Waals surface area contributed by atoms with E-state index in [1.165, 1.54) is 0 Å². The van der Waals surface area contributed by atoms with Crippen molar-refractivity contribution in [3.8, 4) is 5.75 Å². The molecular formula is C19H25N3O5. The predicted octanol–water partition coefficient (Wildman–Crippen LogP) is 2.36. The van der Waals surface area contributed by atoms with Gasteiger partial charge in [-0.15, -0.1) is 0 Å². The van der Waals surface area contributed by atoms with E-state index in [1.54, 1.807) is 11.0 Å². The fraction of sp³-hybridized carbons (Fsp3) is 0.526. The molecule has 2 atom stereocenters. The molecule has 0 aliphatic carbocycles. The number of hydrogen-bond acceptors (Lipinski definition) is 4. The van der Waals surface area contributed by atoms with Crippen molar-refractivity contribution in [3.05, 3.63) is 23.8 Å². The van der Waals surface area contributed by atoms with Gasteiger partial charge >= 0.3 is 12.0 Å². The van der Waals surface area contributed by atoms with E-state index in [-0.39, 0.29) is 23.9 Å². The molecule has 0 saturated carbocycles. The van der Waals surface area contributed by atoms with Gasteiger partial charge in [0.25, 0.3) is 5.91 Å². The van der Waals surface area contributed by atoms with Gasteiger partial charge in [-0.3, -0.25) is 9.59 Å². The van der Waals surface area contributed by atoms with Crippen LogP contribution < -0.4 is 15.4 Å². The van der Waals surface area contributed by atoms with Crippen molar-refractivity contribution < 1.29 is 24.2 Å². The summed E-state index contributed by atoms with van der Waals surface area (Å²) in [7, 11) is 0. The predicted molar refractivity (Wildman–Crippen MR) is 98.7 cm³/mol. The monoisotopic (exact) mass is 375 g/mol. The van der Waals surface area contributed by atoms with E-state index in [4.69, 9.17) is 9.84 Å². The number of carboxylic acid groups (broad SMARTS) is 1. The molecule has 0 aromatic heterocycles. The number of carboxylic acids is 1. The molecule has 3 rings (SSSR count). The fourth-order valence-corrected chi connectivity index (χ4v) is 3.39. The number of aliphatic carboxylic acids is 1. The summed E-state index contributed by atoms with van der Waals surface area (Å²) in [5.74, 6) is -0.716. The molecule has 1 saturated heterocycles. The Morgan fingerprint density at radius 3 is 2.70 bits per heavy atom. The number of benzene rings is 1. The maximum atomic E-state index is 12.5. The molecule has 3 N–H and O–H groups in total. The van der Waals surface area contributed by atoms with Crippen molar-refractivity contribution >= 4 is 23.6 Å². The van der Waals surface area contributed by atoms with Gasteiger partial charge in [0.05, 0.1) is 17.6 Å². The van der Waals surface area contributed by atoms with E-state index in [2.05, 4.69) is 10.6 Å². The average Bonchev–Trinajstić information content (AvgIpc) is 2.67. The van der Waals surface area contributed by atoms with Gasteiger partial charge in [-0.05, 0) is 43.9 Å². The number of nitrogens with zero attached hydrogens (tertiary/aromatic N) is 1. The van der Waals surface area contributed by atoms with Crippen LogP contribution >= 0.6 is 0 Å². The number of fused-ring (bicyclic) bond motifs is 1. The number of ether oxygens (including phenoxy) is 1. The van der Waals surface area contributed by atoms with Crippen LogP contribution in [0, 0.1) is 5.92 Å². The first-order valence-electron chi connectivity index (χ1n) is 9.28. The second-order valence-electron chi connectivity index (χ2n) is 7.03. The Balaban J connectivity index is 1.61. The molecule has 2 unspecified atom stereocenters. The van der Waals surface area contributed by atoms with Crippen LogP contribution in [0.2, 0.25) is 0 Å². The van der Waals surface area contributed by atoms with Crippen LogP contribution in [0.15, 0.2) is 18.2 Å². The lowest BCUT2D eigenvalue weighted by molar-refractivity contribution is -0.143. The number of rotatable bonds is 4. The lowest BCUT2D eigenvalue weighted by atomic mass is 9.97. The van der Waals surface area contributed by atoms with E-state index in [0.717, 1.165) is 5.56 Å². The molecule has 1 aromatic rings. The number of nitrogens with one attached hydrogen (secondary N) is 2. The lowest BCUT2D eigenvalue weighted by Gasteiger charge is -2.31. The zero-order valence-electron chi connectivity index (χ0n) is 15.5. The molecular weight excluding hydrogens is 350 g/mol. The Hall–Kier alpha value is -2.77. The van der Waals surface area contributed by atoms with Crippen molar-refractivity contribution in [2.45, 2.75) is 45.3 Å². The first kappa shape index (κ1) is 19.0. The molecule has 3 amide bonds. The van der Waals surface area contributed by atoms with Gasteiger partial charge in [-0.2, -0.15) is 0 Å². The minimum absolute atomic E-state index is 0.149. The molecule has 1 aromatic carbocycles. The highest BCUT2D eigenvalue weighted by atomic mass is 16.5. The molecule has 2 heterocycles. The van der Waals surface area contributed by atoms with Gasteiger partial charge in [0.2, 0.25) is 0 Å². The van der Waals surface area contributed by atoms with Crippen LogP contribution in [-0.4, -0.2) is 47.1 Å². The highest BCUT2D eigenvalue weighted by Crippen LogP contribution is 2.33. The molecule has 0 bridgehead atoms. The van der Waals surface area contributed by atoms with E-state index >= 15 is 0 Å². The summed E-state index contributed by atoms with van der Waals surface area (Å²) in [6.07, 6.45) is 1.02. The quantitative estimate of drug-likeness (QED) is 0.749. The third-order valence-corrected chi connectivity index (χ3v) is 5.17. The summed E-state index contributed by atoms with van der Waals surface area (Å²) in [5, 5.41) is 14.8. The summed E-state index contributed by atoms with van der Waals surface area (Å²) in [5.41, 5.74) is 1.50. The summed E-state index contributed by atoms with van der Waals surface area (Å²) in [6.45, 7) is 4.64. The van der Waals surface area contributed by atoms with Gasteiger partial charge in [0.1, 0.15) is 5.75 Å². The average molecular weight is 375 g/mol. The zero-order chi connectivity index (χ0) is 19.6. The Morgan fingerprint density at radius 2 is 2.07 bits per heavy atom. The van der Waals surface area contributed by atoms with E-state index < -0.39 is 12.1 Å². The largest absolute Gasteiger partial charge is 0.481 e. The SMILES string of the molecule is CCC1Oc2cc(C(C)NC(=O)N3CCC(C(=O)O)CC3)ccc2NC1=O. The highest BCUT2D eigenvalue weighted by Gasteiger charge is 2.29. The Kier molecular flexibility index (Phi) is 5.53. The zero-order valence-corrected chi connectivity index (χ0v) is 15.5. The van der Waals surface area contributed by atoms with Crippen molar-refractivity contribution in [2.24, 2.45) is 5.92 Å². The van der Waals surface area contributed by atoms with E-state index in [0.29, 0.717) is 43.8 Å². The fourth-order valence-electron chi connectivity index (χ4n) is 3.39. The molecule has 2 aliphatic heterocycles. The van der Waals surface area contributed by atoms with E-state index in [9.17, 15) is 14.4 Å². The normalized spacial score (nSPS) is 20.9. The van der Waals surface area contributed by atoms with Gasteiger partial charge < -0.3 is 25.4 Å². The van der Waals surface area contributed by atoms with Gasteiger partial charge in [-0.25, -0.2) is 4.79 Å². The summed E-state index contributed by atoms with van der Waals surface area (Å²) < 4.78 is 5.75. The third kappa shape index (κ3) is 4.15. The molecule has 27 heavy (non-hydrogen) atoms. The number of carbonyl (C=O) groups is 3. The number of carbonyl (C=O) groups excluding carboxylic acids is 2. The summed E-state index contributed by atoms with van der Waals surface area (Å²) in [4.78, 5) is 37.0. The number of urea groups is 1. The lowest BCUT2D eigenvalue weighted by Crippen LogP contribution is -2.46. The minimum Gasteiger partial charge on any atom is -0.481 e. The second kappa shape index (κ2) is 7.85. The maximum absolute atomic E-state index is 12.5. The van der Waals surface area contributed by atoms with Gasteiger partial charge in [-0.1, -0.05) is 13.0 Å². The number of hydrogen-bond donors (Lipinski definition) is 3. The van der Waals surface area contributed by atoms with Crippen LogP contribution in [0.5, 0.6) is 5.75 Å². The first-order valence-corrected chi connectivity index (χ1v) is 9.28. The highest BCUT2D eigenvalue weighted by molar-refractivity contribution is 5.97. The van der Waals surface area contributed by atoms with Crippen LogP contribution in [0.25, 0.3) is 0 Å². The first-order chi connectivity index (χ1) is 12.9. The molecule has 0 radical (unpaired) electrons. The topological polar surface area (TPSA) is 108 Å². The number of likely N-dealkylation sites (tertiary alicyclic amines) is 1. The number of amides is 3. The van der Waals surface area contributed by atoms with Crippen LogP contribution in [0.1, 0.15) is 44.7 Å². The molecule has 146 valence electrons. The molecule has 8 heteroatoms. The molecule has 2 aliphatic rings. The standard InChI is InChI=1S/C19H25N3O5/c1-3-15-17(23)21-14-5-4-13(10-16(14)27-15)11(2)20-19(26)22-8-6-12(7-9-22)18(24)25/h4-5,10-12,15H,3,6-9H2,1-2H3,(H,20,26)(H,21,23)(H,24,25). The van der Waals surface area contributed by atoms with Crippen LogP contribution in [0.3, 0.4) is 0 Å². The van der Waals surface area contributed by atoms with Crippen molar-refractivity contribution in [1.82, 2.24) is 10.2 Å². The van der Waals surface area contributed by atoms with Crippen molar-refractivity contribution in [2.75, 3.05) is 18.4 Å². The Bertz CT molecular complexity index is 743. The maximum Gasteiger partial charge on any atom is 0.317 e. The second-order valence-corrected chi connectivity index (χ2v) is 7.03. The minimum atomic E-state index is -0.796. The Labute approximate surface area is 157 Å². The Morgan fingerprint density at radius 1 is 1.37 bits per heavy atom. The van der Waals surface area contributed by atoms with Crippen molar-refractivity contribution in [1.29, 1.82) is 0 Å². The van der Waals surface area contributed by atoms with Crippen LogP contribution in [0.4, 0.5) is 10.5 Å². The number of anilines is 1. The molecule has 1 fully saturated rings. The van der Waals surface area contributed by atoms with Gasteiger partial charge in [0, 0.05) is 13.1 Å². The summed E-state index contributed by atoms with van der Waals surface area (Å²) >= 11 is 0. The smallest absolute Gasteiger partial charge is 0.317 e. The number of piperidine rings is 1. The molecule has 8 nitrogen and oxygen atoms in total. The van der Waals surface area contributed by atoms with E-state index in [1.807, 2.05) is 26.0 Å². The molecule has 0 spiro atoms. The van der Waals surface area contributed by atoms with Crippen molar-refractivity contribution in [3.63, 3.8) is 0 Å². The third-order valence-electron chi connectivity index (χ3n) is 5.17.